The third kappa shape index (κ3) is 3.52. The minimum atomic E-state index is -1.73. The maximum atomic E-state index is 13.4. The van der Waals surface area contributed by atoms with Gasteiger partial charge in [-0.15, -0.1) is 0 Å². The number of aliphatic hydroxyl groups excluding tert-OH is 1. The number of nitrogens with two attached hydrogens (primary N) is 1. The highest BCUT2D eigenvalue weighted by molar-refractivity contribution is 5.96. The molecule has 8 nitrogen and oxygen atoms in total. The zero-order chi connectivity index (χ0) is 26.0. The van der Waals surface area contributed by atoms with Crippen molar-refractivity contribution < 1.29 is 34.4 Å². The van der Waals surface area contributed by atoms with Gasteiger partial charge in [0.15, 0.2) is 12.4 Å². The second kappa shape index (κ2) is 8.42. The number of ether oxygens (including phenoxy) is 1. The van der Waals surface area contributed by atoms with Crippen molar-refractivity contribution in [3.63, 3.8) is 0 Å². The van der Waals surface area contributed by atoms with E-state index in [0.717, 1.165) is 24.8 Å². The largest absolute Gasteiger partial charge is 0.507 e. The molecule has 7 atom stereocenters. The lowest BCUT2D eigenvalue weighted by molar-refractivity contribution is -0.182. The maximum absolute atomic E-state index is 13.4. The Bertz CT molecular complexity index is 1160. The van der Waals surface area contributed by atoms with E-state index in [4.69, 9.17) is 10.5 Å². The van der Waals surface area contributed by atoms with Crippen LogP contribution in [0.3, 0.4) is 0 Å². The number of nitrogen functional groups attached to an aromatic ring is 1. The average molecular weight is 498 g/mol. The molecule has 0 spiro atoms. The molecule has 4 aliphatic rings. The van der Waals surface area contributed by atoms with Gasteiger partial charge in [0.25, 0.3) is 0 Å². The zero-order valence-corrected chi connectivity index (χ0v) is 20.8. The van der Waals surface area contributed by atoms with E-state index in [9.17, 15) is 29.7 Å². The van der Waals surface area contributed by atoms with Gasteiger partial charge in [0.2, 0.25) is 5.78 Å². The van der Waals surface area contributed by atoms with Gasteiger partial charge in [-0.1, -0.05) is 19.4 Å². The van der Waals surface area contributed by atoms with Gasteiger partial charge in [-0.2, -0.15) is 0 Å². The lowest BCUT2D eigenvalue weighted by Crippen LogP contribution is -2.62. The smallest absolute Gasteiger partial charge is 0.342 e. The van der Waals surface area contributed by atoms with Crippen molar-refractivity contribution in [3.05, 3.63) is 35.4 Å². The van der Waals surface area contributed by atoms with Gasteiger partial charge in [-0.3, -0.25) is 9.59 Å². The van der Waals surface area contributed by atoms with Gasteiger partial charge in [0, 0.05) is 17.5 Å². The number of aromatic hydroxyl groups is 1. The highest BCUT2D eigenvalue weighted by Gasteiger charge is 2.68. The standard InChI is InChI=1S/C28H35NO7/c1-26-9-7-17(30)11-15(26)3-5-18-20-8-10-28(35,27(20,2)13-22(32)24(18)26)23(33)14-36-25(34)19-12-16(29)4-6-21(19)31/h4,6,11-12,18,20,22,24,31-32,35H,3,5,7-10,13-14,29H2,1-2H3/t18-,20-,22-,24+,26-,27-,28-/m0/s1. The number of phenolic OH excluding ortho intramolecular Hbond substituents is 1. The summed E-state index contributed by atoms with van der Waals surface area (Å²) in [7, 11) is 0. The average Bonchev–Trinajstić information content (AvgIpc) is 3.10. The second-order valence-electron chi connectivity index (χ2n) is 11.8. The van der Waals surface area contributed by atoms with E-state index in [1.807, 2.05) is 6.92 Å². The van der Waals surface area contributed by atoms with E-state index < -0.39 is 35.5 Å². The summed E-state index contributed by atoms with van der Waals surface area (Å²) in [4.78, 5) is 37.9. The molecule has 3 saturated carbocycles. The number of carbonyl (C=O) groups excluding carboxylic acids is 3. The van der Waals surface area contributed by atoms with Gasteiger partial charge in [-0.05, 0) is 86.0 Å². The quantitative estimate of drug-likeness (QED) is 0.282. The molecule has 1 aromatic rings. The molecule has 0 amide bonds. The van der Waals surface area contributed by atoms with Gasteiger partial charge in [0.1, 0.15) is 16.9 Å². The molecular formula is C28H35NO7. The Morgan fingerprint density at radius 1 is 1.17 bits per heavy atom. The second-order valence-corrected chi connectivity index (χ2v) is 11.8. The van der Waals surface area contributed by atoms with Crippen molar-refractivity contribution in [1.82, 2.24) is 0 Å². The predicted octanol–water partition coefficient (Wildman–Crippen LogP) is 2.93. The van der Waals surface area contributed by atoms with Crippen LogP contribution in [0, 0.1) is 28.6 Å². The van der Waals surface area contributed by atoms with E-state index in [0.29, 0.717) is 12.8 Å². The van der Waals surface area contributed by atoms with Crippen LogP contribution in [0.1, 0.15) is 69.2 Å². The number of fused-ring (bicyclic) bond motifs is 5. The number of anilines is 1. The van der Waals surface area contributed by atoms with E-state index >= 15 is 0 Å². The molecule has 1 aromatic carbocycles. The number of hydrogen-bond donors (Lipinski definition) is 4. The fourth-order valence-electron chi connectivity index (χ4n) is 8.20. The molecule has 0 aliphatic heterocycles. The van der Waals surface area contributed by atoms with Crippen LogP contribution in [-0.2, 0) is 14.3 Å². The van der Waals surface area contributed by atoms with Crippen LogP contribution < -0.4 is 5.73 Å². The summed E-state index contributed by atoms with van der Waals surface area (Å²) >= 11 is 0. The van der Waals surface area contributed by atoms with Crippen LogP contribution in [0.5, 0.6) is 5.75 Å². The van der Waals surface area contributed by atoms with Crippen molar-refractivity contribution in [2.24, 2.45) is 28.6 Å². The Kier molecular flexibility index (Phi) is 5.84. The number of benzene rings is 1. The van der Waals surface area contributed by atoms with Gasteiger partial charge in [-0.25, -0.2) is 4.79 Å². The molecule has 5 rings (SSSR count). The van der Waals surface area contributed by atoms with Crippen molar-refractivity contribution in [2.75, 3.05) is 12.3 Å². The van der Waals surface area contributed by atoms with Crippen LogP contribution in [0.2, 0.25) is 0 Å². The highest BCUT2D eigenvalue weighted by atomic mass is 16.5. The molecule has 0 unspecified atom stereocenters. The summed E-state index contributed by atoms with van der Waals surface area (Å²) in [6, 6.07) is 3.99. The molecular weight excluding hydrogens is 462 g/mol. The number of allylic oxidation sites excluding steroid dienone is 1. The first-order chi connectivity index (χ1) is 16.9. The lowest BCUT2D eigenvalue weighted by atomic mass is 9.45. The Labute approximate surface area is 210 Å². The molecule has 36 heavy (non-hydrogen) atoms. The highest BCUT2D eigenvalue weighted by Crippen LogP contribution is 2.67. The minimum Gasteiger partial charge on any atom is -0.507 e. The Balaban J connectivity index is 1.36. The lowest BCUT2D eigenvalue weighted by Gasteiger charge is -2.60. The van der Waals surface area contributed by atoms with Crippen LogP contribution in [0.4, 0.5) is 5.69 Å². The van der Waals surface area contributed by atoms with Gasteiger partial charge in [0.05, 0.1) is 6.10 Å². The van der Waals surface area contributed by atoms with E-state index in [1.165, 1.54) is 18.2 Å². The minimum absolute atomic E-state index is 0.0227. The van der Waals surface area contributed by atoms with E-state index in [1.54, 1.807) is 6.08 Å². The summed E-state index contributed by atoms with van der Waals surface area (Å²) in [6.07, 6.45) is 5.00. The van der Waals surface area contributed by atoms with Crippen LogP contribution in [0.15, 0.2) is 29.8 Å². The summed E-state index contributed by atoms with van der Waals surface area (Å²) in [5.41, 5.74) is 4.08. The number of carbonyl (C=O) groups is 3. The van der Waals surface area contributed by atoms with Crippen molar-refractivity contribution >= 4 is 23.2 Å². The summed E-state index contributed by atoms with van der Waals surface area (Å²) < 4.78 is 5.19. The van der Waals surface area contributed by atoms with Crippen LogP contribution in [-0.4, -0.2) is 51.2 Å². The Hall–Kier alpha value is -2.71. The van der Waals surface area contributed by atoms with E-state index in [-0.39, 0.29) is 58.8 Å². The zero-order valence-electron chi connectivity index (χ0n) is 20.8. The van der Waals surface area contributed by atoms with Crippen LogP contribution >= 0.6 is 0 Å². The summed E-state index contributed by atoms with van der Waals surface area (Å²) in [6.45, 7) is 3.40. The molecule has 5 N–H and O–H groups in total. The topological polar surface area (TPSA) is 147 Å². The monoisotopic (exact) mass is 497 g/mol. The van der Waals surface area contributed by atoms with Gasteiger partial charge >= 0.3 is 5.97 Å². The molecule has 0 heterocycles. The molecule has 0 radical (unpaired) electrons. The summed E-state index contributed by atoms with van der Waals surface area (Å²) in [5.74, 6) is -1.51. The number of rotatable bonds is 4. The SMILES string of the molecule is C[C@]12CCC(=O)C=C1CC[C@@H]1[C@@H]2[C@@H](O)C[C@@]2(C)[C@H]1CC[C@]2(O)C(=O)COC(=O)c1cc(N)ccc1O. The molecule has 0 saturated heterocycles. The molecule has 3 fully saturated rings. The van der Waals surface area contributed by atoms with Crippen LogP contribution in [0.25, 0.3) is 0 Å². The first-order valence-corrected chi connectivity index (χ1v) is 12.8. The Morgan fingerprint density at radius 3 is 2.67 bits per heavy atom. The third-order valence-corrected chi connectivity index (χ3v) is 10.1. The number of ketones is 2. The number of aliphatic hydroxyl groups is 2. The third-order valence-electron chi connectivity index (χ3n) is 10.1. The fourth-order valence-corrected chi connectivity index (χ4v) is 8.20. The molecule has 4 aliphatic carbocycles. The first-order valence-electron chi connectivity index (χ1n) is 12.8. The van der Waals surface area contributed by atoms with Crippen molar-refractivity contribution in [3.8, 4) is 5.75 Å². The molecule has 8 heteroatoms. The predicted molar refractivity (Wildman–Crippen MR) is 131 cm³/mol. The first kappa shape index (κ1) is 25.0. The van der Waals surface area contributed by atoms with Crippen molar-refractivity contribution in [1.29, 1.82) is 0 Å². The number of Topliss-reactive ketones (excluding diaryl/α,β-unsaturated/α-hetero) is 1. The van der Waals surface area contributed by atoms with Gasteiger partial charge < -0.3 is 25.8 Å². The molecule has 194 valence electrons. The summed E-state index contributed by atoms with van der Waals surface area (Å²) in [5, 5.41) is 33.2. The number of phenols is 1. The van der Waals surface area contributed by atoms with Crippen molar-refractivity contribution in [2.45, 2.75) is 70.5 Å². The number of hydrogen-bond acceptors (Lipinski definition) is 8. The number of esters is 1. The molecule has 0 bridgehead atoms. The van der Waals surface area contributed by atoms with E-state index in [2.05, 4.69) is 6.92 Å². The Morgan fingerprint density at radius 2 is 1.92 bits per heavy atom. The normalized spacial score (nSPS) is 39.4. The maximum Gasteiger partial charge on any atom is 0.342 e. The fraction of sp³-hybridized carbons (Fsp3) is 0.607. The molecule has 0 aromatic heterocycles.